The molecule has 0 unspecified atom stereocenters. The average molecular weight is 443 g/mol. The summed E-state index contributed by atoms with van der Waals surface area (Å²) in [5.41, 5.74) is -0.0345. The van der Waals surface area contributed by atoms with Crippen molar-refractivity contribution < 1.29 is 20.2 Å². The molecular formula is C20H22FN7O4. The number of carbonyl (C=O) groups excluding carboxylic acids is 3. The van der Waals surface area contributed by atoms with Crippen molar-refractivity contribution in [1.29, 1.82) is 0 Å². The number of hydrogen-bond acceptors (Lipinski definition) is 6. The molecule has 3 amide bonds. The third-order valence-electron chi connectivity index (χ3n) is 4.99. The molecule has 0 aromatic carbocycles. The van der Waals surface area contributed by atoms with E-state index in [9.17, 15) is 23.6 Å². The molecule has 0 fully saturated rings. The van der Waals surface area contributed by atoms with Crippen molar-refractivity contribution in [2.45, 2.75) is 39.9 Å². The van der Waals surface area contributed by atoms with Crippen LogP contribution in [0.4, 0.5) is 16.0 Å². The van der Waals surface area contributed by atoms with Crippen molar-refractivity contribution in [3.63, 3.8) is 0 Å². The molecule has 3 aromatic heterocycles. The van der Waals surface area contributed by atoms with Gasteiger partial charge in [-0.1, -0.05) is 0 Å². The summed E-state index contributed by atoms with van der Waals surface area (Å²) < 4.78 is 15.5. The Hall–Kier alpha value is -4.09. The second kappa shape index (κ2) is 7.87. The molecule has 32 heavy (non-hydrogen) atoms. The summed E-state index contributed by atoms with van der Waals surface area (Å²) in [7, 11) is 0. The number of hydrogen-bond donors (Lipinski definition) is 2. The molecule has 12 heteroatoms. The van der Waals surface area contributed by atoms with E-state index in [1.54, 1.807) is 0 Å². The van der Waals surface area contributed by atoms with Gasteiger partial charge in [0.2, 0.25) is 11.8 Å². The van der Waals surface area contributed by atoms with Gasteiger partial charge in [-0.05, 0) is 26.0 Å². The molecule has 0 spiro atoms. The van der Waals surface area contributed by atoms with Crippen LogP contribution >= 0.6 is 0 Å². The Bertz CT molecular complexity index is 1320. The number of fused-ring (bicyclic) bond motifs is 2. The second-order valence-corrected chi connectivity index (χ2v) is 7.64. The number of anilines is 2. The Labute approximate surface area is 182 Å². The number of rotatable bonds is 5. The van der Waals surface area contributed by atoms with E-state index in [0.29, 0.717) is 0 Å². The Morgan fingerprint density at radius 2 is 1.97 bits per heavy atom. The molecular weight excluding hydrogens is 421 g/mol. The number of amides is 3. The smallest absolute Gasteiger partial charge is 0.280 e. The van der Waals surface area contributed by atoms with E-state index in [4.69, 9.17) is 0 Å². The van der Waals surface area contributed by atoms with Gasteiger partial charge in [-0.15, -0.1) is 5.10 Å². The predicted octanol–water partition coefficient (Wildman–Crippen LogP) is 1.24. The lowest BCUT2D eigenvalue weighted by molar-refractivity contribution is -0.117. The zero-order valence-electron chi connectivity index (χ0n) is 17.5. The van der Waals surface area contributed by atoms with Crippen molar-refractivity contribution >= 4 is 35.0 Å². The first-order valence-corrected chi connectivity index (χ1v) is 9.81. The molecule has 0 radical (unpaired) electrons. The van der Waals surface area contributed by atoms with Gasteiger partial charge in [0, 0.05) is 20.5 Å². The van der Waals surface area contributed by atoms with E-state index < -0.39 is 17.3 Å². The molecule has 0 atom stereocenters. The second-order valence-electron chi connectivity index (χ2n) is 7.64. The Morgan fingerprint density at radius 1 is 1.22 bits per heavy atom. The first-order valence-electron chi connectivity index (χ1n) is 9.81. The van der Waals surface area contributed by atoms with Crippen molar-refractivity contribution in [2.24, 2.45) is 0 Å². The third-order valence-corrected chi connectivity index (χ3v) is 4.99. The normalized spacial score (nSPS) is 13.0. The number of nitrogens with one attached hydrogen (secondary N) is 2. The lowest BCUT2D eigenvalue weighted by Crippen LogP contribution is -2.32. The topological polar surface area (TPSA) is 131 Å². The lowest BCUT2D eigenvalue weighted by Gasteiger charge is -2.20. The molecule has 168 valence electrons. The molecule has 4 rings (SSSR count). The summed E-state index contributed by atoms with van der Waals surface area (Å²) in [5.74, 6) is -1.62. The monoisotopic (exact) mass is 443 g/mol. The van der Waals surface area contributed by atoms with Crippen molar-refractivity contribution in [2.75, 3.05) is 10.6 Å². The highest BCUT2D eigenvalue weighted by Crippen LogP contribution is 2.25. The lowest BCUT2D eigenvalue weighted by atomic mass is 10.2. The maximum absolute atomic E-state index is 13.1. The van der Waals surface area contributed by atoms with Gasteiger partial charge in [0.1, 0.15) is 29.5 Å². The van der Waals surface area contributed by atoms with E-state index in [2.05, 4.69) is 20.7 Å². The molecule has 1 aliphatic heterocycles. The first kappa shape index (κ1) is 21.2. The number of aromatic nitrogens is 4. The van der Waals surface area contributed by atoms with E-state index in [0.717, 1.165) is 16.8 Å². The minimum Gasteiger partial charge on any atom is -0.330 e. The fourth-order valence-electron chi connectivity index (χ4n) is 3.58. The van der Waals surface area contributed by atoms with Crippen LogP contribution in [0.15, 0.2) is 29.2 Å². The predicted molar refractivity (Wildman–Crippen MR) is 114 cm³/mol. The fourth-order valence-corrected chi connectivity index (χ4v) is 3.58. The molecule has 3 aromatic rings. The average Bonchev–Trinajstić information content (AvgIpc) is 3.28. The Kier molecular flexibility index (Phi) is 5.20. The van der Waals surface area contributed by atoms with Crippen LogP contribution in [0, 0.1) is 5.82 Å². The summed E-state index contributed by atoms with van der Waals surface area (Å²) >= 11 is 0. The summed E-state index contributed by atoms with van der Waals surface area (Å²) in [6.45, 7) is 4.69. The van der Waals surface area contributed by atoms with Crippen LogP contribution in [0.5, 0.6) is 0 Å². The number of carbonyl (C=O) groups is 3. The molecule has 1 aliphatic rings. The standard InChI is InChI=1S/C20H20FN7O4.H2/c1-10(2)26-8-13-18(20(26)32)27(9-16(30)24-14-5-4-12(21)7-22-14)17-6-15(23-11(3)29)25-28(17)19(13)31;/h4-7,10H,8-9H2,1-3H3,(H,22,24,30)(H,23,25,29);1H. The quantitative estimate of drug-likeness (QED) is 0.610. The largest absolute Gasteiger partial charge is 0.330 e. The van der Waals surface area contributed by atoms with E-state index in [1.165, 1.54) is 28.5 Å². The van der Waals surface area contributed by atoms with Crippen LogP contribution in [0.2, 0.25) is 0 Å². The number of pyridine rings is 1. The molecule has 11 nitrogen and oxygen atoms in total. The van der Waals surface area contributed by atoms with Gasteiger partial charge in [0.25, 0.3) is 11.5 Å². The number of halogens is 1. The van der Waals surface area contributed by atoms with Crippen molar-refractivity contribution in [3.8, 4) is 0 Å². The zero-order chi connectivity index (χ0) is 23.2. The van der Waals surface area contributed by atoms with Crippen LogP contribution in [-0.2, 0) is 22.7 Å². The maximum atomic E-state index is 13.1. The molecule has 0 saturated heterocycles. The summed E-state index contributed by atoms with van der Waals surface area (Å²) in [4.78, 5) is 55.6. The van der Waals surface area contributed by atoms with Gasteiger partial charge < -0.3 is 20.1 Å². The van der Waals surface area contributed by atoms with Gasteiger partial charge in [0.15, 0.2) is 5.82 Å². The highest BCUT2D eigenvalue weighted by molar-refractivity contribution is 5.99. The number of nitrogens with zero attached hydrogens (tertiary/aromatic N) is 5. The Morgan fingerprint density at radius 3 is 2.59 bits per heavy atom. The summed E-state index contributed by atoms with van der Waals surface area (Å²) in [5, 5.41) is 9.15. The molecule has 0 saturated carbocycles. The highest BCUT2D eigenvalue weighted by atomic mass is 19.1. The van der Waals surface area contributed by atoms with Crippen LogP contribution in [0.1, 0.15) is 38.2 Å². The van der Waals surface area contributed by atoms with E-state index in [1.807, 2.05) is 13.8 Å². The van der Waals surface area contributed by atoms with Crippen LogP contribution in [0.25, 0.3) is 5.65 Å². The Balaban J connectivity index is 0.00000306. The molecule has 4 heterocycles. The van der Waals surface area contributed by atoms with Gasteiger partial charge in [-0.3, -0.25) is 19.2 Å². The van der Waals surface area contributed by atoms with Crippen molar-refractivity contribution in [3.05, 3.63) is 51.8 Å². The summed E-state index contributed by atoms with van der Waals surface area (Å²) in [6, 6.07) is 3.70. The molecule has 0 bridgehead atoms. The highest BCUT2D eigenvalue weighted by Gasteiger charge is 2.36. The maximum Gasteiger partial charge on any atom is 0.280 e. The van der Waals surface area contributed by atoms with E-state index >= 15 is 0 Å². The van der Waals surface area contributed by atoms with Gasteiger partial charge >= 0.3 is 0 Å². The minimum absolute atomic E-state index is 0. The fraction of sp³-hybridized carbons (Fsp3) is 0.300. The SMILES string of the molecule is CC(=O)Nc1cc2n(CC(=O)Nc3ccc(F)cn3)c3c(c(=O)n2n1)CN(C(C)C)C3=O.[HH]. The third kappa shape index (κ3) is 3.70. The summed E-state index contributed by atoms with van der Waals surface area (Å²) in [6.07, 6.45) is 0.964. The molecule has 0 aliphatic carbocycles. The van der Waals surface area contributed by atoms with Crippen LogP contribution in [-0.4, -0.2) is 47.8 Å². The minimum atomic E-state index is -0.549. The first-order chi connectivity index (χ1) is 15.2. The zero-order valence-corrected chi connectivity index (χ0v) is 17.5. The van der Waals surface area contributed by atoms with Gasteiger partial charge in [0.05, 0.1) is 18.3 Å². The van der Waals surface area contributed by atoms with Gasteiger partial charge in [-0.2, -0.15) is 4.52 Å². The van der Waals surface area contributed by atoms with Crippen LogP contribution in [0.3, 0.4) is 0 Å². The van der Waals surface area contributed by atoms with Crippen molar-refractivity contribution in [1.82, 2.24) is 24.1 Å². The van der Waals surface area contributed by atoms with E-state index in [-0.39, 0.29) is 60.9 Å². The van der Waals surface area contributed by atoms with Gasteiger partial charge in [-0.25, -0.2) is 9.37 Å². The van der Waals surface area contributed by atoms with Crippen LogP contribution < -0.4 is 16.2 Å². The molecule has 2 N–H and O–H groups in total.